The molecule has 5 heteroatoms. The third-order valence-electron chi connectivity index (χ3n) is 4.99. The van der Waals surface area contributed by atoms with Crippen LogP contribution in [0.4, 0.5) is 5.69 Å². The lowest BCUT2D eigenvalue weighted by molar-refractivity contribution is 0.0949. The first-order valence-corrected chi connectivity index (χ1v) is 9.80. The second kappa shape index (κ2) is 9.04. The van der Waals surface area contributed by atoms with Crippen molar-refractivity contribution >= 4 is 23.2 Å². The Kier molecular flexibility index (Phi) is 6.51. The number of nitrogens with zero attached hydrogens (tertiary/aromatic N) is 2. The predicted molar refractivity (Wildman–Crippen MR) is 107 cm³/mol. The molecule has 1 saturated heterocycles. The number of benzene rings is 1. The van der Waals surface area contributed by atoms with Crippen molar-refractivity contribution in [1.82, 2.24) is 10.3 Å². The maximum atomic E-state index is 12.5. The van der Waals surface area contributed by atoms with Gasteiger partial charge in [-0.15, -0.1) is 0 Å². The molecule has 4 nitrogen and oxygen atoms in total. The van der Waals surface area contributed by atoms with Crippen LogP contribution in [-0.4, -0.2) is 30.0 Å². The van der Waals surface area contributed by atoms with Gasteiger partial charge in [0, 0.05) is 36.0 Å². The molecule has 2 aromatic rings. The van der Waals surface area contributed by atoms with Crippen molar-refractivity contribution in [2.24, 2.45) is 0 Å². The molecule has 2 heterocycles. The fourth-order valence-corrected chi connectivity index (χ4v) is 3.80. The normalized spacial score (nSPS) is 17.2. The van der Waals surface area contributed by atoms with E-state index in [2.05, 4.69) is 22.1 Å². The summed E-state index contributed by atoms with van der Waals surface area (Å²) in [5.74, 6) is -0.126. The molecular weight excluding hydrogens is 346 g/mol. The minimum absolute atomic E-state index is 0.126. The lowest BCUT2D eigenvalue weighted by Gasteiger charge is -2.37. The van der Waals surface area contributed by atoms with Crippen LogP contribution in [0.15, 0.2) is 42.6 Å². The van der Waals surface area contributed by atoms with Crippen LogP contribution in [0.5, 0.6) is 0 Å². The number of carbonyl (C=O) groups excluding carboxylic acids is 1. The predicted octanol–water partition coefficient (Wildman–Crippen LogP) is 4.48. The monoisotopic (exact) mass is 371 g/mol. The van der Waals surface area contributed by atoms with Gasteiger partial charge in [0.2, 0.25) is 0 Å². The summed E-state index contributed by atoms with van der Waals surface area (Å²) in [4.78, 5) is 19.2. The van der Waals surface area contributed by atoms with Gasteiger partial charge in [-0.25, -0.2) is 0 Å². The molecule has 138 valence electrons. The molecule has 0 spiro atoms. The molecule has 1 unspecified atom stereocenters. The number of amides is 1. The minimum atomic E-state index is -0.126. The summed E-state index contributed by atoms with van der Waals surface area (Å²) in [6, 6.07) is 12.2. The van der Waals surface area contributed by atoms with E-state index in [0.29, 0.717) is 18.3 Å². The van der Waals surface area contributed by atoms with Crippen molar-refractivity contribution in [1.29, 1.82) is 0 Å². The van der Waals surface area contributed by atoms with Gasteiger partial charge < -0.3 is 10.2 Å². The number of carbonyl (C=O) groups is 1. The number of nitrogens with one attached hydrogen (secondary N) is 1. The van der Waals surface area contributed by atoms with E-state index in [1.807, 2.05) is 36.4 Å². The third-order valence-corrected chi connectivity index (χ3v) is 5.23. The smallest absolute Gasteiger partial charge is 0.269 e. The maximum absolute atomic E-state index is 12.5. The molecular formula is C21H26ClN3O. The molecule has 0 aliphatic carbocycles. The van der Waals surface area contributed by atoms with Crippen LogP contribution in [0.2, 0.25) is 5.02 Å². The zero-order valence-corrected chi connectivity index (χ0v) is 16.0. The number of piperidine rings is 1. The highest BCUT2D eigenvalue weighted by atomic mass is 35.5. The average Bonchev–Trinajstić information content (AvgIpc) is 2.68. The molecule has 1 aromatic heterocycles. The molecule has 26 heavy (non-hydrogen) atoms. The van der Waals surface area contributed by atoms with Gasteiger partial charge in [-0.2, -0.15) is 0 Å². The molecule has 0 radical (unpaired) electrons. The number of anilines is 1. The molecule has 1 aromatic carbocycles. The summed E-state index contributed by atoms with van der Waals surface area (Å²) in [5, 5.41) is 3.68. The number of rotatable bonds is 6. The van der Waals surface area contributed by atoms with Crippen molar-refractivity contribution in [3.05, 3.63) is 58.9 Å². The van der Waals surface area contributed by atoms with E-state index < -0.39 is 0 Å². The second-order valence-electron chi connectivity index (χ2n) is 6.79. The first-order valence-electron chi connectivity index (χ1n) is 9.42. The van der Waals surface area contributed by atoms with Crippen molar-refractivity contribution in [2.45, 2.75) is 45.1 Å². The van der Waals surface area contributed by atoms with Crippen LogP contribution < -0.4 is 10.2 Å². The van der Waals surface area contributed by atoms with E-state index in [0.717, 1.165) is 35.7 Å². The Morgan fingerprint density at radius 3 is 3.00 bits per heavy atom. The van der Waals surface area contributed by atoms with Gasteiger partial charge in [0.1, 0.15) is 5.69 Å². The lowest BCUT2D eigenvalue weighted by atomic mass is 9.99. The Morgan fingerprint density at radius 2 is 2.19 bits per heavy atom. The maximum Gasteiger partial charge on any atom is 0.269 e. The topological polar surface area (TPSA) is 45.2 Å². The summed E-state index contributed by atoms with van der Waals surface area (Å²) >= 11 is 6.00. The zero-order valence-electron chi connectivity index (χ0n) is 15.2. The first-order chi connectivity index (χ1) is 12.7. The number of hydrogen-bond acceptors (Lipinski definition) is 3. The van der Waals surface area contributed by atoms with Crippen LogP contribution in [0, 0.1) is 0 Å². The molecule has 1 atom stereocenters. The summed E-state index contributed by atoms with van der Waals surface area (Å²) in [7, 11) is 0. The lowest BCUT2D eigenvalue weighted by Crippen LogP contribution is -2.39. The molecule has 1 N–H and O–H groups in total. The summed E-state index contributed by atoms with van der Waals surface area (Å²) in [6.07, 6.45) is 7.33. The van der Waals surface area contributed by atoms with Crippen LogP contribution in [0.3, 0.4) is 0 Å². The Bertz CT molecular complexity index is 750. The van der Waals surface area contributed by atoms with Crippen molar-refractivity contribution in [3.8, 4) is 0 Å². The largest absolute Gasteiger partial charge is 0.368 e. The average molecular weight is 372 g/mol. The zero-order chi connectivity index (χ0) is 18.4. The number of aromatic nitrogens is 1. The highest BCUT2D eigenvalue weighted by Crippen LogP contribution is 2.26. The molecule has 1 amide bonds. The summed E-state index contributed by atoms with van der Waals surface area (Å²) in [5.41, 5.74) is 2.69. The van der Waals surface area contributed by atoms with E-state index in [1.165, 1.54) is 19.3 Å². The molecule has 0 saturated carbocycles. The molecule has 1 aliphatic heterocycles. The van der Waals surface area contributed by atoms with E-state index in [4.69, 9.17) is 11.6 Å². The van der Waals surface area contributed by atoms with Crippen LogP contribution in [-0.2, 0) is 6.42 Å². The van der Waals surface area contributed by atoms with Gasteiger partial charge in [0.25, 0.3) is 5.91 Å². The Labute approximate surface area is 160 Å². The Morgan fingerprint density at radius 1 is 1.31 bits per heavy atom. The van der Waals surface area contributed by atoms with Gasteiger partial charge in [-0.1, -0.05) is 30.7 Å². The third kappa shape index (κ3) is 4.76. The molecule has 1 aliphatic rings. The highest BCUT2D eigenvalue weighted by Gasteiger charge is 2.22. The van der Waals surface area contributed by atoms with Gasteiger partial charge in [-0.3, -0.25) is 9.78 Å². The number of halogens is 1. The van der Waals surface area contributed by atoms with Crippen molar-refractivity contribution in [3.63, 3.8) is 0 Å². The number of hydrogen-bond donors (Lipinski definition) is 1. The van der Waals surface area contributed by atoms with Crippen LogP contribution in [0.1, 0.15) is 48.7 Å². The molecule has 3 rings (SSSR count). The Hall–Kier alpha value is -2.07. The quantitative estimate of drug-likeness (QED) is 0.814. The fraction of sp³-hybridized carbons (Fsp3) is 0.429. The molecule has 0 bridgehead atoms. The van der Waals surface area contributed by atoms with Gasteiger partial charge in [-0.05, 0) is 61.9 Å². The van der Waals surface area contributed by atoms with Crippen LogP contribution in [0.25, 0.3) is 0 Å². The Balaban J connectivity index is 1.61. The van der Waals surface area contributed by atoms with E-state index >= 15 is 0 Å². The van der Waals surface area contributed by atoms with Crippen molar-refractivity contribution in [2.75, 3.05) is 18.0 Å². The fourth-order valence-electron chi connectivity index (χ4n) is 3.59. The van der Waals surface area contributed by atoms with E-state index in [-0.39, 0.29) is 5.91 Å². The minimum Gasteiger partial charge on any atom is -0.368 e. The first kappa shape index (κ1) is 18.7. The van der Waals surface area contributed by atoms with Crippen LogP contribution >= 0.6 is 11.6 Å². The second-order valence-corrected chi connectivity index (χ2v) is 7.22. The van der Waals surface area contributed by atoms with Gasteiger partial charge in [0.05, 0.1) is 0 Å². The van der Waals surface area contributed by atoms with E-state index in [9.17, 15) is 4.79 Å². The molecule has 1 fully saturated rings. The van der Waals surface area contributed by atoms with Gasteiger partial charge in [0.15, 0.2) is 0 Å². The highest BCUT2D eigenvalue weighted by molar-refractivity contribution is 6.30. The summed E-state index contributed by atoms with van der Waals surface area (Å²) < 4.78 is 0. The summed E-state index contributed by atoms with van der Waals surface area (Å²) in [6.45, 7) is 3.85. The standard InChI is InChI=1S/C21H26ClN3O/c1-2-18-8-3-4-13-25(18)19-10-12-23-20(15-19)21(26)24-11-9-16-6-5-7-17(22)14-16/h5-7,10,12,14-15,18H,2-4,8-9,11,13H2,1H3,(H,24,26). The SMILES string of the molecule is CCC1CCCCN1c1ccnc(C(=O)NCCc2cccc(Cl)c2)c1. The van der Waals surface area contributed by atoms with Gasteiger partial charge >= 0.3 is 0 Å². The van der Waals surface area contributed by atoms with E-state index in [1.54, 1.807) is 6.20 Å². The van der Waals surface area contributed by atoms with Crippen molar-refractivity contribution < 1.29 is 4.79 Å². The number of pyridine rings is 1.